The highest BCUT2D eigenvalue weighted by Gasteiger charge is 2.35. The lowest BCUT2D eigenvalue weighted by Crippen LogP contribution is -2.42. The van der Waals surface area contributed by atoms with Crippen molar-refractivity contribution in [3.05, 3.63) is 52.5 Å². The molecule has 2 aliphatic heterocycles. The molecule has 4 rings (SSSR count). The van der Waals surface area contributed by atoms with Crippen LogP contribution in [0.3, 0.4) is 0 Å². The first-order valence-electron chi connectivity index (χ1n) is 9.46. The standard InChI is InChI=1S/C21H25ClN2O3.2ClH/c22-14-2-1-3-15(10-14)24-8-6-13(7-9-24)19-11-17-16(20(12-23)27-19)4-5-18(25)21(17)26;;/h1-5,10,13,19-20,25-26H,6-9,11-12,23H2;2*1H. The van der Waals surface area contributed by atoms with Gasteiger partial charge in [-0.3, -0.25) is 0 Å². The topological polar surface area (TPSA) is 79.0 Å². The predicted molar refractivity (Wildman–Crippen MR) is 121 cm³/mol. The number of piperidine rings is 1. The van der Waals surface area contributed by atoms with Crippen molar-refractivity contribution in [2.45, 2.75) is 31.5 Å². The van der Waals surface area contributed by atoms with Gasteiger partial charge < -0.3 is 25.6 Å². The zero-order chi connectivity index (χ0) is 19.0. The summed E-state index contributed by atoms with van der Waals surface area (Å²) >= 11 is 6.12. The van der Waals surface area contributed by atoms with E-state index < -0.39 is 0 Å². The van der Waals surface area contributed by atoms with Crippen LogP contribution in [-0.4, -0.2) is 36.0 Å². The summed E-state index contributed by atoms with van der Waals surface area (Å²) in [7, 11) is 0. The SMILES string of the molecule is Cl.Cl.NCC1OC(C2CCN(c3cccc(Cl)c3)CC2)Cc2c1ccc(O)c2O. The summed E-state index contributed by atoms with van der Waals surface area (Å²) in [6.07, 6.45) is 2.37. The molecule has 2 atom stereocenters. The van der Waals surface area contributed by atoms with Crippen LogP contribution < -0.4 is 10.6 Å². The highest BCUT2D eigenvalue weighted by Crippen LogP contribution is 2.42. The number of anilines is 1. The summed E-state index contributed by atoms with van der Waals surface area (Å²) in [5.41, 5.74) is 8.74. The van der Waals surface area contributed by atoms with Crippen LogP contribution in [0.4, 0.5) is 5.69 Å². The fourth-order valence-corrected chi connectivity index (χ4v) is 4.54. The quantitative estimate of drug-likeness (QED) is 0.588. The summed E-state index contributed by atoms with van der Waals surface area (Å²) in [4.78, 5) is 2.35. The Morgan fingerprint density at radius 2 is 1.83 bits per heavy atom. The molecule has 2 aromatic carbocycles. The van der Waals surface area contributed by atoms with Gasteiger partial charge in [-0.15, -0.1) is 24.8 Å². The zero-order valence-corrected chi connectivity index (χ0v) is 18.3. The number of ether oxygens (including phenoxy) is 1. The molecule has 2 aliphatic rings. The monoisotopic (exact) mass is 460 g/mol. The molecule has 0 aliphatic carbocycles. The number of benzene rings is 2. The third-order valence-electron chi connectivity index (χ3n) is 5.84. The molecule has 2 heterocycles. The van der Waals surface area contributed by atoms with Crippen molar-refractivity contribution in [1.82, 2.24) is 0 Å². The van der Waals surface area contributed by atoms with Gasteiger partial charge in [-0.1, -0.05) is 23.7 Å². The Labute approximate surface area is 188 Å². The number of aromatic hydroxyl groups is 2. The van der Waals surface area contributed by atoms with E-state index in [1.54, 1.807) is 6.07 Å². The Bertz CT molecular complexity index is 829. The molecule has 8 heteroatoms. The van der Waals surface area contributed by atoms with Gasteiger partial charge in [0, 0.05) is 42.3 Å². The molecule has 0 spiro atoms. The van der Waals surface area contributed by atoms with Gasteiger partial charge in [0.05, 0.1) is 12.2 Å². The normalized spacial score (nSPS) is 21.7. The second kappa shape index (κ2) is 10.1. The third-order valence-corrected chi connectivity index (χ3v) is 6.08. The maximum Gasteiger partial charge on any atom is 0.161 e. The second-order valence-electron chi connectivity index (χ2n) is 7.41. The fourth-order valence-electron chi connectivity index (χ4n) is 4.35. The molecule has 0 bridgehead atoms. The molecule has 5 nitrogen and oxygen atoms in total. The number of nitrogens with two attached hydrogens (primary N) is 1. The smallest absolute Gasteiger partial charge is 0.161 e. The highest BCUT2D eigenvalue weighted by molar-refractivity contribution is 6.30. The molecule has 0 amide bonds. The van der Waals surface area contributed by atoms with Crippen LogP contribution in [0.1, 0.15) is 30.1 Å². The van der Waals surface area contributed by atoms with Crippen LogP contribution >= 0.6 is 36.4 Å². The van der Waals surface area contributed by atoms with Crippen molar-refractivity contribution >= 4 is 42.1 Å². The minimum Gasteiger partial charge on any atom is -0.504 e. The van der Waals surface area contributed by atoms with Gasteiger partial charge in [0.1, 0.15) is 0 Å². The van der Waals surface area contributed by atoms with Crippen molar-refractivity contribution in [2.75, 3.05) is 24.5 Å². The molecule has 0 aromatic heterocycles. The highest BCUT2D eigenvalue weighted by atomic mass is 35.5. The number of phenolic OH excluding ortho intramolecular Hbond substituents is 2. The molecule has 4 N–H and O–H groups in total. The molecular weight excluding hydrogens is 435 g/mol. The molecule has 0 saturated carbocycles. The predicted octanol–water partition coefficient (Wildman–Crippen LogP) is 4.45. The van der Waals surface area contributed by atoms with E-state index in [2.05, 4.69) is 11.0 Å². The average molecular weight is 462 g/mol. The van der Waals surface area contributed by atoms with Crippen LogP contribution in [0.15, 0.2) is 36.4 Å². The van der Waals surface area contributed by atoms with Gasteiger partial charge in [-0.05, 0) is 48.6 Å². The van der Waals surface area contributed by atoms with Crippen LogP contribution in [-0.2, 0) is 11.2 Å². The van der Waals surface area contributed by atoms with E-state index in [1.165, 1.54) is 6.07 Å². The molecule has 160 valence electrons. The summed E-state index contributed by atoms with van der Waals surface area (Å²) in [6, 6.07) is 11.3. The van der Waals surface area contributed by atoms with E-state index in [0.29, 0.717) is 18.9 Å². The number of rotatable bonds is 3. The minimum atomic E-state index is -0.240. The van der Waals surface area contributed by atoms with E-state index in [9.17, 15) is 10.2 Å². The lowest BCUT2D eigenvalue weighted by Gasteiger charge is -2.41. The van der Waals surface area contributed by atoms with E-state index in [1.807, 2.05) is 18.2 Å². The van der Waals surface area contributed by atoms with E-state index in [0.717, 1.165) is 47.8 Å². The van der Waals surface area contributed by atoms with Crippen molar-refractivity contribution in [3.8, 4) is 11.5 Å². The number of phenols is 2. The average Bonchev–Trinajstić information content (AvgIpc) is 2.70. The lowest BCUT2D eigenvalue weighted by molar-refractivity contribution is -0.0569. The Kier molecular flexibility index (Phi) is 8.32. The van der Waals surface area contributed by atoms with Crippen molar-refractivity contribution in [2.24, 2.45) is 11.7 Å². The number of nitrogens with zero attached hydrogens (tertiary/aromatic N) is 1. The van der Waals surface area contributed by atoms with Crippen LogP contribution in [0.2, 0.25) is 5.02 Å². The molecule has 1 saturated heterocycles. The molecule has 29 heavy (non-hydrogen) atoms. The Morgan fingerprint density at radius 1 is 1.10 bits per heavy atom. The molecular formula is C21H27Cl3N2O3. The first-order valence-corrected chi connectivity index (χ1v) is 9.84. The van der Waals surface area contributed by atoms with Crippen LogP contribution in [0, 0.1) is 5.92 Å². The third kappa shape index (κ3) is 4.86. The number of fused-ring (bicyclic) bond motifs is 1. The summed E-state index contributed by atoms with van der Waals surface area (Å²) in [5, 5.41) is 20.9. The van der Waals surface area contributed by atoms with Crippen molar-refractivity contribution < 1.29 is 14.9 Å². The maximum absolute atomic E-state index is 10.3. The largest absolute Gasteiger partial charge is 0.504 e. The zero-order valence-electron chi connectivity index (χ0n) is 16.0. The maximum atomic E-state index is 10.3. The minimum absolute atomic E-state index is 0. The lowest BCUT2D eigenvalue weighted by atomic mass is 9.83. The van der Waals surface area contributed by atoms with Gasteiger partial charge in [0.2, 0.25) is 0 Å². The Morgan fingerprint density at radius 3 is 2.48 bits per heavy atom. The Balaban J connectivity index is 0.00000150. The van der Waals surface area contributed by atoms with Gasteiger partial charge in [-0.2, -0.15) is 0 Å². The first kappa shape index (κ1) is 23.9. The van der Waals surface area contributed by atoms with Crippen LogP contribution in [0.25, 0.3) is 0 Å². The Hall–Kier alpha value is -1.37. The van der Waals surface area contributed by atoms with Crippen LogP contribution in [0.5, 0.6) is 11.5 Å². The number of hydrogen-bond acceptors (Lipinski definition) is 5. The van der Waals surface area contributed by atoms with E-state index in [4.69, 9.17) is 22.1 Å². The van der Waals surface area contributed by atoms with Gasteiger partial charge in [-0.25, -0.2) is 0 Å². The van der Waals surface area contributed by atoms with Gasteiger partial charge in [0.15, 0.2) is 11.5 Å². The van der Waals surface area contributed by atoms with Crippen molar-refractivity contribution in [3.63, 3.8) is 0 Å². The summed E-state index contributed by atoms with van der Waals surface area (Å²) < 4.78 is 6.30. The number of hydrogen-bond donors (Lipinski definition) is 3. The van der Waals surface area contributed by atoms with E-state index >= 15 is 0 Å². The molecule has 2 unspecified atom stereocenters. The number of halogens is 3. The van der Waals surface area contributed by atoms with Gasteiger partial charge >= 0.3 is 0 Å². The summed E-state index contributed by atoms with van der Waals surface area (Å²) in [5.74, 6) is 0.279. The molecule has 1 fully saturated rings. The molecule has 0 radical (unpaired) electrons. The first-order chi connectivity index (χ1) is 13.1. The van der Waals surface area contributed by atoms with Crippen molar-refractivity contribution in [1.29, 1.82) is 0 Å². The molecule has 2 aromatic rings. The second-order valence-corrected chi connectivity index (χ2v) is 7.84. The fraction of sp³-hybridized carbons (Fsp3) is 0.429. The van der Waals surface area contributed by atoms with E-state index in [-0.39, 0.29) is 48.5 Å². The summed E-state index contributed by atoms with van der Waals surface area (Å²) in [6.45, 7) is 2.24. The van der Waals surface area contributed by atoms with Gasteiger partial charge in [0.25, 0.3) is 0 Å².